The van der Waals surface area contributed by atoms with Crippen LogP contribution in [0, 0.1) is 0 Å². The first kappa shape index (κ1) is 20.7. The van der Waals surface area contributed by atoms with Gasteiger partial charge < -0.3 is 10.3 Å². The van der Waals surface area contributed by atoms with Gasteiger partial charge in [-0.2, -0.15) is 0 Å². The van der Waals surface area contributed by atoms with Crippen LogP contribution in [-0.2, 0) is 6.42 Å². The number of aromatic amines is 1. The number of carbonyl (C=O) groups is 1. The number of halogens is 1. The molecule has 0 unspecified atom stereocenters. The Balaban J connectivity index is 1.72. The standard InChI is InChI=1S/C23H21ClN6O/c1-14(29-23-21-22(26-12-25-21)27-13-28-23)19(30-17-8-4-3-5-9-17)11-16-7-6-10-18(24)20(16)15(2)31/h3-10,12-14H,11H2,1-2H3,(H2,25,26,27,28,29)/t14-/m0/s1. The first-order valence-electron chi connectivity index (χ1n) is 9.84. The predicted molar refractivity (Wildman–Crippen MR) is 123 cm³/mol. The van der Waals surface area contributed by atoms with Gasteiger partial charge in [-0.25, -0.2) is 15.0 Å². The van der Waals surface area contributed by atoms with Gasteiger partial charge >= 0.3 is 0 Å². The summed E-state index contributed by atoms with van der Waals surface area (Å²) < 4.78 is 0. The number of aliphatic imine (C=N–C) groups is 1. The maximum absolute atomic E-state index is 12.2. The summed E-state index contributed by atoms with van der Waals surface area (Å²) in [6, 6.07) is 15.0. The van der Waals surface area contributed by atoms with Crippen LogP contribution in [0.5, 0.6) is 0 Å². The number of fused-ring (bicyclic) bond motifs is 1. The molecule has 1 atom stereocenters. The van der Waals surface area contributed by atoms with E-state index in [9.17, 15) is 4.79 Å². The molecule has 0 bridgehead atoms. The Labute approximate surface area is 184 Å². The molecule has 31 heavy (non-hydrogen) atoms. The Kier molecular flexibility index (Phi) is 6.04. The summed E-state index contributed by atoms with van der Waals surface area (Å²) in [5, 5.41) is 3.85. The van der Waals surface area contributed by atoms with Crippen molar-refractivity contribution in [3.63, 3.8) is 0 Å². The van der Waals surface area contributed by atoms with Gasteiger partial charge in [0.05, 0.1) is 23.1 Å². The molecule has 2 N–H and O–H groups in total. The van der Waals surface area contributed by atoms with Crippen LogP contribution in [0.25, 0.3) is 11.2 Å². The average molecular weight is 433 g/mol. The van der Waals surface area contributed by atoms with Crippen LogP contribution in [0.1, 0.15) is 29.8 Å². The molecule has 0 spiro atoms. The van der Waals surface area contributed by atoms with Crippen molar-refractivity contribution in [2.75, 3.05) is 5.32 Å². The van der Waals surface area contributed by atoms with Crippen molar-refractivity contribution in [2.24, 2.45) is 4.99 Å². The molecule has 0 aliphatic heterocycles. The van der Waals surface area contributed by atoms with Gasteiger partial charge in [0.2, 0.25) is 0 Å². The normalized spacial score (nSPS) is 12.7. The molecule has 4 rings (SSSR count). The first-order valence-corrected chi connectivity index (χ1v) is 10.2. The topological polar surface area (TPSA) is 95.9 Å². The number of Topliss-reactive ketones (excluding diaryl/α,β-unsaturated/α-hetero) is 1. The van der Waals surface area contributed by atoms with E-state index in [1.165, 1.54) is 13.3 Å². The number of benzene rings is 2. The van der Waals surface area contributed by atoms with E-state index >= 15 is 0 Å². The molecular weight excluding hydrogens is 412 g/mol. The molecule has 0 radical (unpaired) electrons. The number of ketones is 1. The third kappa shape index (κ3) is 4.62. The molecule has 0 aliphatic carbocycles. The van der Waals surface area contributed by atoms with Crippen LogP contribution in [-0.4, -0.2) is 37.5 Å². The Morgan fingerprint density at radius 1 is 1.13 bits per heavy atom. The zero-order valence-electron chi connectivity index (χ0n) is 17.1. The van der Waals surface area contributed by atoms with Crippen LogP contribution in [0.3, 0.4) is 0 Å². The van der Waals surface area contributed by atoms with Crippen molar-refractivity contribution in [3.8, 4) is 0 Å². The summed E-state index contributed by atoms with van der Waals surface area (Å²) >= 11 is 6.33. The Morgan fingerprint density at radius 2 is 1.94 bits per heavy atom. The molecule has 8 heteroatoms. The van der Waals surface area contributed by atoms with Crippen LogP contribution >= 0.6 is 11.6 Å². The SMILES string of the molecule is CC(=O)c1c(Cl)cccc1CC(=Nc1ccccc1)[C@H](C)Nc1ncnc2nc[nH]c12. The number of imidazole rings is 1. The van der Waals surface area contributed by atoms with Crippen LogP contribution < -0.4 is 5.32 Å². The van der Waals surface area contributed by atoms with Crippen LogP contribution in [0.15, 0.2) is 66.2 Å². The van der Waals surface area contributed by atoms with Gasteiger partial charge in [-0.05, 0) is 37.6 Å². The zero-order valence-corrected chi connectivity index (χ0v) is 17.9. The van der Waals surface area contributed by atoms with E-state index in [1.54, 1.807) is 12.4 Å². The minimum atomic E-state index is -0.194. The third-order valence-electron chi connectivity index (χ3n) is 4.93. The van der Waals surface area contributed by atoms with Gasteiger partial charge in [0.1, 0.15) is 11.8 Å². The molecule has 2 aromatic heterocycles. The number of para-hydroxylation sites is 1. The maximum atomic E-state index is 12.2. The molecule has 2 aromatic carbocycles. The molecule has 0 amide bonds. The Hall–Kier alpha value is -3.58. The zero-order chi connectivity index (χ0) is 21.8. The van der Waals surface area contributed by atoms with Crippen molar-refractivity contribution in [3.05, 3.63) is 77.3 Å². The first-order chi connectivity index (χ1) is 15.0. The number of nitrogens with zero attached hydrogens (tertiary/aromatic N) is 4. The van der Waals surface area contributed by atoms with Crippen LogP contribution in [0.2, 0.25) is 5.02 Å². The predicted octanol–water partition coefficient (Wildman–Crippen LogP) is 5.02. The molecule has 0 aliphatic rings. The maximum Gasteiger partial charge on any atom is 0.182 e. The summed E-state index contributed by atoms with van der Waals surface area (Å²) in [6.07, 6.45) is 3.51. The third-order valence-corrected chi connectivity index (χ3v) is 5.24. The Bertz CT molecular complexity index is 1250. The van der Waals surface area contributed by atoms with E-state index in [0.29, 0.717) is 28.5 Å². The van der Waals surface area contributed by atoms with Crippen molar-refractivity contribution in [2.45, 2.75) is 26.3 Å². The van der Waals surface area contributed by atoms with Crippen molar-refractivity contribution in [1.82, 2.24) is 19.9 Å². The minimum absolute atomic E-state index is 0.0738. The lowest BCUT2D eigenvalue weighted by molar-refractivity contribution is 0.101. The van der Waals surface area contributed by atoms with E-state index in [1.807, 2.05) is 49.4 Å². The number of rotatable bonds is 7. The summed E-state index contributed by atoms with van der Waals surface area (Å²) in [7, 11) is 0. The van der Waals surface area contributed by atoms with Gasteiger partial charge in [-0.1, -0.05) is 41.9 Å². The summed E-state index contributed by atoms with van der Waals surface area (Å²) in [5.74, 6) is 0.559. The highest BCUT2D eigenvalue weighted by Gasteiger charge is 2.19. The second kappa shape index (κ2) is 9.06. The van der Waals surface area contributed by atoms with Gasteiger partial charge in [-0.15, -0.1) is 0 Å². The van der Waals surface area contributed by atoms with Crippen LogP contribution in [0.4, 0.5) is 11.5 Å². The van der Waals surface area contributed by atoms with Crippen molar-refractivity contribution < 1.29 is 4.79 Å². The van der Waals surface area contributed by atoms with E-state index in [2.05, 4.69) is 25.3 Å². The Morgan fingerprint density at radius 3 is 2.71 bits per heavy atom. The summed E-state index contributed by atoms with van der Waals surface area (Å²) in [4.78, 5) is 32.9. The molecule has 7 nitrogen and oxygen atoms in total. The van der Waals surface area contributed by atoms with Gasteiger partial charge in [0.15, 0.2) is 17.2 Å². The highest BCUT2D eigenvalue weighted by molar-refractivity contribution is 6.34. The largest absolute Gasteiger partial charge is 0.360 e. The van der Waals surface area contributed by atoms with Gasteiger partial charge in [0.25, 0.3) is 0 Å². The number of H-pyrrole nitrogens is 1. The summed E-state index contributed by atoms with van der Waals surface area (Å²) in [5.41, 5.74) is 4.32. The lowest BCUT2D eigenvalue weighted by atomic mass is 9.96. The van der Waals surface area contributed by atoms with Gasteiger partial charge in [-0.3, -0.25) is 9.79 Å². The molecule has 0 saturated carbocycles. The molecule has 2 heterocycles. The molecular formula is C23H21ClN6O. The second-order valence-electron chi connectivity index (χ2n) is 7.14. The number of carbonyl (C=O) groups excluding carboxylic acids is 1. The van der Waals surface area contributed by atoms with E-state index in [-0.39, 0.29) is 11.8 Å². The number of hydrogen-bond donors (Lipinski definition) is 2. The number of aromatic nitrogens is 4. The quantitative estimate of drug-likeness (QED) is 0.315. The number of hydrogen-bond acceptors (Lipinski definition) is 6. The monoisotopic (exact) mass is 432 g/mol. The molecule has 0 fully saturated rings. The van der Waals surface area contributed by atoms with Crippen molar-refractivity contribution >= 4 is 45.8 Å². The second-order valence-corrected chi connectivity index (χ2v) is 7.54. The van der Waals surface area contributed by atoms with E-state index < -0.39 is 0 Å². The highest BCUT2D eigenvalue weighted by atomic mass is 35.5. The molecule has 0 saturated heterocycles. The lowest BCUT2D eigenvalue weighted by Crippen LogP contribution is -2.29. The molecule has 156 valence electrons. The fourth-order valence-electron chi connectivity index (χ4n) is 3.43. The van der Waals surface area contributed by atoms with E-state index in [0.717, 1.165) is 22.5 Å². The van der Waals surface area contributed by atoms with Crippen molar-refractivity contribution in [1.29, 1.82) is 0 Å². The minimum Gasteiger partial charge on any atom is -0.360 e. The summed E-state index contributed by atoms with van der Waals surface area (Å²) in [6.45, 7) is 3.53. The average Bonchev–Trinajstić information content (AvgIpc) is 3.24. The van der Waals surface area contributed by atoms with Gasteiger partial charge in [0, 0.05) is 17.7 Å². The fraction of sp³-hybridized carbons (Fsp3) is 0.174. The number of anilines is 1. The van der Waals surface area contributed by atoms with E-state index in [4.69, 9.17) is 16.6 Å². The molecule has 4 aromatic rings. The lowest BCUT2D eigenvalue weighted by Gasteiger charge is -2.19. The smallest absolute Gasteiger partial charge is 0.182 e. The number of nitrogens with one attached hydrogen (secondary N) is 2. The highest BCUT2D eigenvalue weighted by Crippen LogP contribution is 2.24. The fourth-order valence-corrected chi connectivity index (χ4v) is 3.75.